The zero-order chi connectivity index (χ0) is 21.5. The summed E-state index contributed by atoms with van der Waals surface area (Å²) in [6, 6.07) is 5.63. The Hall–Kier alpha value is -2.59. The summed E-state index contributed by atoms with van der Waals surface area (Å²) >= 11 is 0. The molecule has 2 amide bonds. The van der Waals surface area contributed by atoms with Gasteiger partial charge in [0.25, 0.3) is 5.91 Å². The molecule has 152 valence electrons. The molecule has 0 fully saturated rings. The molecule has 0 bridgehead atoms. The smallest absolute Gasteiger partial charge is 0.329 e. The zero-order valence-electron chi connectivity index (χ0n) is 17.7. The van der Waals surface area contributed by atoms with Gasteiger partial charge in [-0.05, 0) is 23.2 Å². The fraction of sp³-hybridized carbons (Fsp3) is 0.476. The van der Waals surface area contributed by atoms with Gasteiger partial charge in [-0.3, -0.25) is 9.59 Å². The molecule has 6 nitrogen and oxygen atoms in total. The Kier molecular flexibility index (Phi) is 8.00. The molecule has 1 aromatic carbocycles. The van der Waals surface area contributed by atoms with E-state index >= 15 is 0 Å². The molecule has 0 heterocycles. The van der Waals surface area contributed by atoms with E-state index in [1.807, 2.05) is 0 Å². The van der Waals surface area contributed by atoms with Crippen molar-refractivity contribution in [3.05, 3.63) is 29.8 Å². The predicted molar refractivity (Wildman–Crippen MR) is 114 cm³/mol. The average molecular weight is 403 g/mol. The van der Waals surface area contributed by atoms with Crippen molar-refractivity contribution in [2.24, 2.45) is 0 Å². The first-order valence-electron chi connectivity index (χ1n) is 9.14. The van der Waals surface area contributed by atoms with Crippen LogP contribution in [-0.4, -0.2) is 39.0 Å². The van der Waals surface area contributed by atoms with E-state index in [0.717, 1.165) is 0 Å². The Labute approximate surface area is 168 Å². The number of anilines is 1. The van der Waals surface area contributed by atoms with E-state index in [9.17, 15) is 14.4 Å². The predicted octanol–water partition coefficient (Wildman–Crippen LogP) is 3.36. The molecular weight excluding hydrogens is 372 g/mol. The van der Waals surface area contributed by atoms with Crippen LogP contribution in [0.1, 0.15) is 44.5 Å². The average Bonchev–Trinajstić information content (AvgIpc) is 2.58. The monoisotopic (exact) mass is 402 g/mol. The molecule has 0 saturated heterocycles. The molecule has 2 N–H and O–H groups in total. The lowest BCUT2D eigenvalue weighted by molar-refractivity contribution is -0.142. The van der Waals surface area contributed by atoms with Crippen LogP contribution in [0.2, 0.25) is 18.1 Å². The van der Waals surface area contributed by atoms with Crippen molar-refractivity contribution in [2.45, 2.75) is 58.3 Å². The van der Waals surface area contributed by atoms with Crippen LogP contribution < -0.4 is 10.6 Å². The van der Waals surface area contributed by atoms with Crippen LogP contribution in [0, 0.1) is 11.5 Å². The number of amides is 2. The maximum atomic E-state index is 12.6. The van der Waals surface area contributed by atoms with Gasteiger partial charge in [0.1, 0.15) is 14.1 Å². The summed E-state index contributed by atoms with van der Waals surface area (Å²) in [5.41, 5.74) is 4.17. The lowest BCUT2D eigenvalue weighted by atomic mass is 10.1. The molecule has 0 aliphatic rings. The van der Waals surface area contributed by atoms with Crippen LogP contribution in [-0.2, 0) is 14.3 Å². The van der Waals surface area contributed by atoms with Gasteiger partial charge >= 0.3 is 5.97 Å². The molecule has 1 atom stereocenters. The molecule has 7 heteroatoms. The Bertz CT molecular complexity index is 801. The number of carbonyl (C=O) groups excluding carboxylic acids is 3. The highest BCUT2D eigenvalue weighted by molar-refractivity contribution is 6.87. The first kappa shape index (κ1) is 23.4. The van der Waals surface area contributed by atoms with E-state index in [2.05, 4.69) is 56.0 Å². The Morgan fingerprint density at radius 2 is 1.86 bits per heavy atom. The van der Waals surface area contributed by atoms with Crippen LogP contribution in [0.3, 0.4) is 0 Å². The van der Waals surface area contributed by atoms with Crippen LogP contribution in [0.4, 0.5) is 5.69 Å². The number of carbonyl (C=O) groups is 3. The number of hydrogen-bond acceptors (Lipinski definition) is 4. The number of benzene rings is 1. The molecule has 0 aromatic heterocycles. The summed E-state index contributed by atoms with van der Waals surface area (Å²) in [7, 11) is -0.532. The fourth-order valence-corrected chi connectivity index (χ4v) is 3.00. The summed E-state index contributed by atoms with van der Waals surface area (Å²) in [4.78, 5) is 35.8. The first-order valence-corrected chi connectivity index (χ1v) is 12.1. The summed E-state index contributed by atoms with van der Waals surface area (Å²) < 4.78 is 4.81. The minimum absolute atomic E-state index is 0.105. The van der Waals surface area contributed by atoms with E-state index in [1.165, 1.54) is 14.0 Å². The minimum Gasteiger partial charge on any atom is -0.467 e. The number of esters is 1. The third-order valence-corrected chi connectivity index (χ3v) is 9.37. The van der Waals surface area contributed by atoms with Gasteiger partial charge in [-0.2, -0.15) is 0 Å². The molecular formula is C21H30N2O4Si. The summed E-state index contributed by atoms with van der Waals surface area (Å²) in [6.45, 7) is 12.2. The van der Waals surface area contributed by atoms with E-state index in [1.54, 1.807) is 24.3 Å². The third kappa shape index (κ3) is 6.85. The van der Waals surface area contributed by atoms with Crippen molar-refractivity contribution in [3.63, 3.8) is 0 Å². The van der Waals surface area contributed by atoms with Gasteiger partial charge in [-0.15, -0.1) is 11.5 Å². The van der Waals surface area contributed by atoms with E-state index < -0.39 is 26.0 Å². The zero-order valence-corrected chi connectivity index (χ0v) is 18.7. The maximum absolute atomic E-state index is 12.6. The third-order valence-electron chi connectivity index (χ3n) is 4.82. The molecule has 0 unspecified atom stereocenters. The van der Waals surface area contributed by atoms with E-state index in [4.69, 9.17) is 4.74 Å². The fourth-order valence-electron chi connectivity index (χ4n) is 2.08. The molecule has 0 radical (unpaired) electrons. The van der Waals surface area contributed by atoms with Gasteiger partial charge < -0.3 is 15.4 Å². The maximum Gasteiger partial charge on any atom is 0.329 e. The highest BCUT2D eigenvalue weighted by Gasteiger charge is 2.33. The van der Waals surface area contributed by atoms with Gasteiger partial charge in [0.05, 0.1) is 7.11 Å². The molecule has 0 aliphatic carbocycles. The molecule has 1 aromatic rings. The summed E-state index contributed by atoms with van der Waals surface area (Å²) in [6.07, 6.45) is 0.177. The second kappa shape index (κ2) is 9.56. The lowest BCUT2D eigenvalue weighted by Crippen LogP contribution is -2.41. The highest BCUT2D eigenvalue weighted by atomic mass is 28.3. The lowest BCUT2D eigenvalue weighted by Gasteiger charge is -2.31. The highest BCUT2D eigenvalue weighted by Crippen LogP contribution is 2.35. The molecule has 0 aliphatic heterocycles. The first-order chi connectivity index (χ1) is 12.9. The Morgan fingerprint density at radius 3 is 2.39 bits per heavy atom. The molecule has 1 rings (SSSR count). The minimum atomic E-state index is -1.81. The van der Waals surface area contributed by atoms with Crippen molar-refractivity contribution in [1.82, 2.24) is 5.32 Å². The van der Waals surface area contributed by atoms with Crippen LogP contribution in [0.25, 0.3) is 0 Å². The number of ether oxygens (including phenoxy) is 1. The topological polar surface area (TPSA) is 84.5 Å². The number of rotatable bonds is 5. The van der Waals surface area contributed by atoms with Gasteiger partial charge in [0.2, 0.25) is 5.91 Å². The van der Waals surface area contributed by atoms with Gasteiger partial charge in [-0.1, -0.05) is 39.9 Å². The van der Waals surface area contributed by atoms with Crippen molar-refractivity contribution in [3.8, 4) is 11.5 Å². The van der Waals surface area contributed by atoms with E-state index in [0.29, 0.717) is 11.3 Å². The van der Waals surface area contributed by atoms with Crippen molar-refractivity contribution < 1.29 is 19.1 Å². The number of nitrogens with one attached hydrogen (secondary N) is 2. The molecule has 28 heavy (non-hydrogen) atoms. The molecule has 0 spiro atoms. The SMILES string of the molecule is COC(=O)[C@H](CC#C[Si](C)(C)C(C)(C)C)NC(=O)c1cccc(NC(C)=O)c1. The van der Waals surface area contributed by atoms with Gasteiger partial charge in [-0.25, -0.2) is 4.79 Å². The van der Waals surface area contributed by atoms with Crippen LogP contribution >= 0.6 is 0 Å². The van der Waals surface area contributed by atoms with E-state index in [-0.39, 0.29) is 17.4 Å². The van der Waals surface area contributed by atoms with Gasteiger partial charge in [0, 0.05) is 24.6 Å². The number of methoxy groups -OCH3 is 1. The standard InChI is InChI=1S/C21H30N2O4Si/c1-15(24)22-17-11-8-10-16(14-17)19(25)23-18(20(26)27-5)12-9-13-28(6,7)21(2,3)4/h8,10-11,14,18H,12H2,1-7H3,(H,22,24)(H,23,25)/t18-/m0/s1. The van der Waals surface area contributed by atoms with Crippen molar-refractivity contribution >= 4 is 31.5 Å². The summed E-state index contributed by atoms with van der Waals surface area (Å²) in [5.74, 6) is 1.87. The molecule has 0 saturated carbocycles. The Balaban J connectivity index is 2.95. The van der Waals surface area contributed by atoms with Crippen LogP contribution in [0.5, 0.6) is 0 Å². The quantitative estimate of drug-likeness (QED) is 0.449. The second-order valence-electron chi connectivity index (χ2n) is 8.19. The normalized spacial score (nSPS) is 12.2. The summed E-state index contributed by atoms with van der Waals surface area (Å²) in [5, 5.41) is 5.41. The number of hydrogen-bond donors (Lipinski definition) is 2. The largest absolute Gasteiger partial charge is 0.467 e. The Morgan fingerprint density at radius 1 is 1.21 bits per heavy atom. The van der Waals surface area contributed by atoms with Crippen LogP contribution in [0.15, 0.2) is 24.3 Å². The van der Waals surface area contributed by atoms with Crippen molar-refractivity contribution in [2.75, 3.05) is 12.4 Å². The van der Waals surface area contributed by atoms with Crippen molar-refractivity contribution in [1.29, 1.82) is 0 Å². The second-order valence-corrected chi connectivity index (χ2v) is 13.2. The van der Waals surface area contributed by atoms with Gasteiger partial charge in [0.15, 0.2) is 0 Å².